The standard InChI is InChI=1S/C14H20N2O4/c1-11-7-8-12(10-13(11)16(19)20)15-9-5-3-2-4-6-14(17)18/h7-8,10,15H,2-6,9H2,1H3,(H,17,18). The van der Waals surface area contributed by atoms with E-state index in [1.54, 1.807) is 19.1 Å². The van der Waals surface area contributed by atoms with Crippen molar-refractivity contribution in [3.05, 3.63) is 33.9 Å². The second-order valence-corrected chi connectivity index (χ2v) is 4.74. The molecule has 0 saturated carbocycles. The van der Waals surface area contributed by atoms with Crippen LogP contribution in [0.3, 0.4) is 0 Å². The van der Waals surface area contributed by atoms with Crippen molar-refractivity contribution in [3.63, 3.8) is 0 Å². The zero-order valence-electron chi connectivity index (χ0n) is 11.6. The smallest absolute Gasteiger partial charge is 0.303 e. The maximum Gasteiger partial charge on any atom is 0.303 e. The molecule has 0 aromatic heterocycles. The molecule has 2 N–H and O–H groups in total. The Morgan fingerprint density at radius 3 is 2.65 bits per heavy atom. The highest BCUT2D eigenvalue weighted by atomic mass is 16.6. The van der Waals surface area contributed by atoms with E-state index in [0.29, 0.717) is 12.0 Å². The van der Waals surface area contributed by atoms with Gasteiger partial charge in [-0.2, -0.15) is 0 Å². The van der Waals surface area contributed by atoms with Gasteiger partial charge in [-0.05, 0) is 25.8 Å². The van der Waals surface area contributed by atoms with Crippen LogP contribution >= 0.6 is 0 Å². The van der Waals surface area contributed by atoms with Crippen molar-refractivity contribution in [1.82, 2.24) is 0 Å². The molecule has 0 heterocycles. The van der Waals surface area contributed by atoms with Crippen molar-refractivity contribution >= 4 is 17.3 Å². The fraction of sp³-hybridized carbons (Fsp3) is 0.500. The van der Waals surface area contributed by atoms with Gasteiger partial charge in [0.1, 0.15) is 0 Å². The van der Waals surface area contributed by atoms with Crippen LogP contribution in [-0.4, -0.2) is 22.5 Å². The quantitative estimate of drug-likeness (QED) is 0.411. The lowest BCUT2D eigenvalue weighted by molar-refractivity contribution is -0.385. The number of aliphatic carboxylic acids is 1. The average molecular weight is 280 g/mol. The normalized spacial score (nSPS) is 10.2. The van der Waals surface area contributed by atoms with Gasteiger partial charge in [-0.15, -0.1) is 0 Å². The average Bonchev–Trinajstić information content (AvgIpc) is 2.38. The van der Waals surface area contributed by atoms with Gasteiger partial charge < -0.3 is 10.4 Å². The minimum atomic E-state index is -0.755. The van der Waals surface area contributed by atoms with E-state index in [2.05, 4.69) is 5.32 Å². The lowest BCUT2D eigenvalue weighted by atomic mass is 10.1. The number of anilines is 1. The first-order valence-corrected chi connectivity index (χ1v) is 6.71. The highest BCUT2D eigenvalue weighted by Gasteiger charge is 2.10. The SMILES string of the molecule is Cc1ccc(NCCCCCCC(=O)O)cc1[N+](=O)[O-]. The zero-order chi connectivity index (χ0) is 15.0. The first-order chi connectivity index (χ1) is 9.50. The van der Waals surface area contributed by atoms with E-state index in [9.17, 15) is 14.9 Å². The number of benzene rings is 1. The second-order valence-electron chi connectivity index (χ2n) is 4.74. The van der Waals surface area contributed by atoms with Crippen molar-refractivity contribution in [2.45, 2.75) is 39.0 Å². The number of carbonyl (C=O) groups is 1. The molecule has 0 fully saturated rings. The van der Waals surface area contributed by atoms with Crippen LogP contribution < -0.4 is 5.32 Å². The maximum atomic E-state index is 10.8. The van der Waals surface area contributed by atoms with Gasteiger partial charge in [-0.25, -0.2) is 0 Å². The summed E-state index contributed by atoms with van der Waals surface area (Å²) in [5.74, 6) is -0.755. The number of carboxylic acids is 1. The molecule has 1 aromatic carbocycles. The number of unbranched alkanes of at least 4 members (excludes halogenated alkanes) is 3. The molecule has 0 amide bonds. The van der Waals surface area contributed by atoms with Crippen LogP contribution in [0.5, 0.6) is 0 Å². The minimum Gasteiger partial charge on any atom is -0.481 e. The van der Waals surface area contributed by atoms with E-state index in [0.717, 1.165) is 31.5 Å². The first-order valence-electron chi connectivity index (χ1n) is 6.71. The largest absolute Gasteiger partial charge is 0.481 e. The third-order valence-corrected chi connectivity index (χ3v) is 3.05. The van der Waals surface area contributed by atoms with E-state index in [1.807, 2.05) is 6.07 Å². The van der Waals surface area contributed by atoms with Crippen LogP contribution in [-0.2, 0) is 4.79 Å². The Labute approximate surface area is 118 Å². The zero-order valence-corrected chi connectivity index (χ0v) is 11.6. The van der Waals surface area contributed by atoms with Crippen molar-refractivity contribution < 1.29 is 14.8 Å². The van der Waals surface area contributed by atoms with Gasteiger partial charge in [0.15, 0.2) is 0 Å². The van der Waals surface area contributed by atoms with Crippen molar-refractivity contribution in [1.29, 1.82) is 0 Å². The Bertz CT molecular complexity index is 474. The molecule has 20 heavy (non-hydrogen) atoms. The predicted octanol–water partition coefficient (Wildman–Crippen LogP) is 3.35. The fourth-order valence-corrected chi connectivity index (χ4v) is 1.90. The Morgan fingerprint density at radius 1 is 1.30 bits per heavy atom. The Hall–Kier alpha value is -2.11. The summed E-state index contributed by atoms with van der Waals surface area (Å²) in [5.41, 5.74) is 1.51. The van der Waals surface area contributed by atoms with Crippen molar-refractivity contribution in [2.75, 3.05) is 11.9 Å². The van der Waals surface area contributed by atoms with E-state index >= 15 is 0 Å². The number of nitrogens with one attached hydrogen (secondary N) is 1. The summed E-state index contributed by atoms with van der Waals surface area (Å²) < 4.78 is 0. The van der Waals surface area contributed by atoms with Crippen LogP contribution in [0.1, 0.15) is 37.7 Å². The summed E-state index contributed by atoms with van der Waals surface area (Å²) in [6.45, 7) is 2.44. The summed E-state index contributed by atoms with van der Waals surface area (Å²) in [4.78, 5) is 20.7. The van der Waals surface area contributed by atoms with E-state index in [4.69, 9.17) is 5.11 Å². The highest BCUT2D eigenvalue weighted by molar-refractivity contribution is 5.66. The summed E-state index contributed by atoms with van der Waals surface area (Å²) in [7, 11) is 0. The maximum absolute atomic E-state index is 10.8. The first kappa shape index (κ1) is 15.9. The molecule has 0 radical (unpaired) electrons. The van der Waals surface area contributed by atoms with Gasteiger partial charge in [0.05, 0.1) is 4.92 Å². The van der Waals surface area contributed by atoms with E-state index < -0.39 is 5.97 Å². The number of rotatable bonds is 9. The van der Waals surface area contributed by atoms with Crippen LogP contribution in [0.2, 0.25) is 0 Å². The minimum absolute atomic E-state index is 0.122. The number of hydrogen-bond donors (Lipinski definition) is 2. The van der Waals surface area contributed by atoms with Crippen LogP contribution in [0, 0.1) is 17.0 Å². The Kier molecular flexibility index (Phi) is 6.49. The molecule has 0 atom stereocenters. The van der Waals surface area contributed by atoms with Crippen molar-refractivity contribution in [2.24, 2.45) is 0 Å². The van der Waals surface area contributed by atoms with E-state index in [1.165, 1.54) is 0 Å². The third kappa shape index (κ3) is 5.69. The number of hydrogen-bond acceptors (Lipinski definition) is 4. The van der Waals surface area contributed by atoms with Gasteiger partial charge in [0.25, 0.3) is 5.69 Å². The fourth-order valence-electron chi connectivity index (χ4n) is 1.90. The summed E-state index contributed by atoms with van der Waals surface area (Å²) in [6, 6.07) is 5.10. The predicted molar refractivity (Wildman–Crippen MR) is 77.0 cm³/mol. The molecule has 0 aliphatic carbocycles. The molecule has 0 aliphatic heterocycles. The Morgan fingerprint density at radius 2 is 2.00 bits per heavy atom. The molecule has 0 unspecified atom stereocenters. The lowest BCUT2D eigenvalue weighted by Gasteiger charge is -2.07. The molecule has 0 aliphatic rings. The number of carboxylic acid groups (broad SMARTS) is 1. The monoisotopic (exact) mass is 280 g/mol. The van der Waals surface area contributed by atoms with Crippen LogP contribution in [0.25, 0.3) is 0 Å². The molecule has 0 spiro atoms. The lowest BCUT2D eigenvalue weighted by Crippen LogP contribution is -2.02. The van der Waals surface area contributed by atoms with Gasteiger partial charge in [0.2, 0.25) is 0 Å². The summed E-state index contributed by atoms with van der Waals surface area (Å²) >= 11 is 0. The molecule has 1 rings (SSSR count). The van der Waals surface area contributed by atoms with Crippen molar-refractivity contribution in [3.8, 4) is 0 Å². The number of nitro groups is 1. The van der Waals surface area contributed by atoms with Gasteiger partial charge in [0, 0.05) is 30.3 Å². The van der Waals surface area contributed by atoms with E-state index in [-0.39, 0.29) is 17.0 Å². The summed E-state index contributed by atoms with van der Waals surface area (Å²) in [5, 5.41) is 22.4. The topological polar surface area (TPSA) is 92.5 Å². The van der Waals surface area contributed by atoms with Gasteiger partial charge in [-0.3, -0.25) is 14.9 Å². The highest BCUT2D eigenvalue weighted by Crippen LogP contribution is 2.22. The molecular formula is C14H20N2O4. The summed E-state index contributed by atoms with van der Waals surface area (Å²) in [6.07, 6.45) is 3.68. The van der Waals surface area contributed by atoms with Crippen LogP contribution in [0.4, 0.5) is 11.4 Å². The van der Waals surface area contributed by atoms with Gasteiger partial charge >= 0.3 is 5.97 Å². The van der Waals surface area contributed by atoms with Gasteiger partial charge in [-0.1, -0.05) is 18.9 Å². The number of nitro benzene ring substituents is 1. The molecule has 1 aromatic rings. The van der Waals surface area contributed by atoms with Crippen LogP contribution in [0.15, 0.2) is 18.2 Å². The number of nitrogens with zero attached hydrogens (tertiary/aromatic N) is 1. The molecule has 0 saturated heterocycles. The third-order valence-electron chi connectivity index (χ3n) is 3.05. The number of aryl methyl sites for hydroxylation is 1. The molecule has 6 nitrogen and oxygen atoms in total. The molecule has 0 bridgehead atoms. The molecular weight excluding hydrogens is 260 g/mol. The molecule has 110 valence electrons. The Balaban J connectivity index is 2.27. The molecule has 6 heteroatoms. The second kappa shape index (κ2) is 8.14.